The molecule has 1 aromatic heterocycles. The highest BCUT2D eigenvalue weighted by Gasteiger charge is 2.13. The molecular formula is C12H14N4O. The van der Waals surface area contributed by atoms with Gasteiger partial charge in [0.05, 0.1) is 0 Å². The maximum atomic E-state index is 11.8. The summed E-state index contributed by atoms with van der Waals surface area (Å²) >= 11 is 0. The van der Waals surface area contributed by atoms with Gasteiger partial charge >= 0.3 is 0 Å². The highest BCUT2D eigenvalue weighted by Crippen LogP contribution is 2.09. The van der Waals surface area contributed by atoms with Crippen LogP contribution in [0.1, 0.15) is 36.2 Å². The summed E-state index contributed by atoms with van der Waals surface area (Å²) in [5.41, 5.74) is 0.730. The van der Waals surface area contributed by atoms with E-state index in [1.165, 1.54) is 0 Å². The van der Waals surface area contributed by atoms with Crippen molar-refractivity contribution in [2.75, 3.05) is 5.32 Å². The number of hydrogen-bond donors (Lipinski definition) is 2. The van der Waals surface area contributed by atoms with Crippen molar-refractivity contribution in [2.45, 2.75) is 19.8 Å². The van der Waals surface area contributed by atoms with Gasteiger partial charge < -0.3 is 5.32 Å². The fraction of sp³-hybridized carbons (Fsp3) is 0.250. The van der Waals surface area contributed by atoms with Gasteiger partial charge in [-0.3, -0.25) is 9.89 Å². The summed E-state index contributed by atoms with van der Waals surface area (Å²) in [6.07, 6.45) is 0. The molecule has 0 aliphatic rings. The molecule has 5 nitrogen and oxygen atoms in total. The summed E-state index contributed by atoms with van der Waals surface area (Å²) in [7, 11) is 0. The molecule has 2 rings (SSSR count). The third-order valence-electron chi connectivity index (χ3n) is 2.28. The third-order valence-corrected chi connectivity index (χ3v) is 2.28. The Hall–Kier alpha value is -2.17. The molecule has 0 aliphatic carbocycles. The van der Waals surface area contributed by atoms with E-state index in [2.05, 4.69) is 20.5 Å². The minimum absolute atomic E-state index is 0.164. The molecule has 17 heavy (non-hydrogen) atoms. The van der Waals surface area contributed by atoms with E-state index >= 15 is 0 Å². The number of aromatic nitrogens is 3. The van der Waals surface area contributed by atoms with Gasteiger partial charge in [0.15, 0.2) is 0 Å². The summed E-state index contributed by atoms with van der Waals surface area (Å²) < 4.78 is 0. The molecular weight excluding hydrogens is 216 g/mol. The molecule has 1 aromatic carbocycles. The Bertz CT molecular complexity index is 504. The molecule has 88 valence electrons. The first-order valence-corrected chi connectivity index (χ1v) is 5.45. The molecule has 0 fully saturated rings. The Kier molecular flexibility index (Phi) is 3.18. The number of nitrogens with one attached hydrogen (secondary N) is 2. The van der Waals surface area contributed by atoms with Gasteiger partial charge in [-0.15, -0.1) is 5.10 Å². The highest BCUT2D eigenvalue weighted by atomic mass is 16.2. The fourth-order valence-corrected chi connectivity index (χ4v) is 1.34. The molecule has 0 unspecified atom stereocenters. The van der Waals surface area contributed by atoms with Crippen molar-refractivity contribution in [3.05, 3.63) is 42.0 Å². The Labute approximate surface area is 99.3 Å². The van der Waals surface area contributed by atoms with E-state index in [4.69, 9.17) is 0 Å². The lowest BCUT2D eigenvalue weighted by molar-refractivity contribution is 0.101. The van der Waals surface area contributed by atoms with Crippen molar-refractivity contribution in [1.29, 1.82) is 0 Å². The summed E-state index contributed by atoms with van der Waals surface area (Å²) in [6, 6.07) is 9.22. The SMILES string of the molecule is CC(C)c1nc(C(=O)Nc2ccccc2)n[nH]1. The zero-order chi connectivity index (χ0) is 12.3. The Morgan fingerprint density at radius 3 is 2.59 bits per heavy atom. The van der Waals surface area contributed by atoms with Gasteiger partial charge in [0.25, 0.3) is 5.91 Å². The van der Waals surface area contributed by atoms with Crippen LogP contribution in [0.2, 0.25) is 0 Å². The predicted octanol–water partition coefficient (Wildman–Crippen LogP) is 2.18. The first kappa shape index (κ1) is 11.3. The van der Waals surface area contributed by atoms with Crippen LogP contribution in [-0.4, -0.2) is 21.1 Å². The second-order valence-corrected chi connectivity index (χ2v) is 4.02. The summed E-state index contributed by atoms with van der Waals surface area (Å²) in [6.45, 7) is 3.97. The van der Waals surface area contributed by atoms with Gasteiger partial charge in [-0.2, -0.15) is 0 Å². The molecule has 0 aliphatic heterocycles. The number of benzene rings is 1. The van der Waals surface area contributed by atoms with E-state index in [1.807, 2.05) is 44.2 Å². The van der Waals surface area contributed by atoms with Crippen LogP contribution >= 0.6 is 0 Å². The number of H-pyrrole nitrogens is 1. The number of aromatic amines is 1. The monoisotopic (exact) mass is 230 g/mol. The van der Waals surface area contributed by atoms with Crippen LogP contribution in [0.25, 0.3) is 0 Å². The average Bonchev–Trinajstić information content (AvgIpc) is 2.79. The molecule has 1 heterocycles. The maximum absolute atomic E-state index is 11.8. The van der Waals surface area contributed by atoms with Crippen molar-refractivity contribution in [3.63, 3.8) is 0 Å². The zero-order valence-electron chi connectivity index (χ0n) is 9.77. The van der Waals surface area contributed by atoms with Gasteiger partial charge in [0.2, 0.25) is 5.82 Å². The van der Waals surface area contributed by atoms with E-state index < -0.39 is 0 Å². The quantitative estimate of drug-likeness (QED) is 0.849. The lowest BCUT2D eigenvalue weighted by Gasteiger charge is -2.00. The van der Waals surface area contributed by atoms with Crippen LogP contribution in [-0.2, 0) is 0 Å². The second-order valence-electron chi connectivity index (χ2n) is 4.02. The van der Waals surface area contributed by atoms with Crippen LogP contribution < -0.4 is 5.32 Å². The van der Waals surface area contributed by atoms with E-state index in [1.54, 1.807) is 0 Å². The van der Waals surface area contributed by atoms with Gasteiger partial charge in [0, 0.05) is 11.6 Å². The van der Waals surface area contributed by atoms with Crippen LogP contribution in [0.15, 0.2) is 30.3 Å². The highest BCUT2D eigenvalue weighted by molar-refractivity contribution is 6.01. The number of nitrogens with zero attached hydrogens (tertiary/aromatic N) is 2. The lowest BCUT2D eigenvalue weighted by atomic mass is 10.2. The van der Waals surface area contributed by atoms with Crippen LogP contribution in [0.3, 0.4) is 0 Å². The molecule has 0 saturated carbocycles. The van der Waals surface area contributed by atoms with Gasteiger partial charge in [-0.25, -0.2) is 4.98 Å². The first-order valence-electron chi connectivity index (χ1n) is 5.45. The van der Waals surface area contributed by atoms with Crippen molar-refractivity contribution < 1.29 is 4.79 Å². The van der Waals surface area contributed by atoms with Crippen molar-refractivity contribution >= 4 is 11.6 Å². The predicted molar refractivity (Wildman–Crippen MR) is 64.9 cm³/mol. The lowest BCUT2D eigenvalue weighted by Crippen LogP contribution is -2.13. The Morgan fingerprint density at radius 1 is 1.29 bits per heavy atom. The smallest absolute Gasteiger partial charge is 0.295 e. The fourth-order valence-electron chi connectivity index (χ4n) is 1.34. The molecule has 0 bridgehead atoms. The number of amides is 1. The second kappa shape index (κ2) is 4.78. The van der Waals surface area contributed by atoms with Crippen molar-refractivity contribution in [1.82, 2.24) is 15.2 Å². The number of rotatable bonds is 3. The summed E-state index contributed by atoms with van der Waals surface area (Å²) in [5, 5.41) is 9.36. The molecule has 2 aromatic rings. The minimum atomic E-state index is -0.306. The number of carbonyl (C=O) groups excluding carboxylic acids is 1. The Morgan fingerprint density at radius 2 is 2.00 bits per heavy atom. The molecule has 0 radical (unpaired) electrons. The maximum Gasteiger partial charge on any atom is 0.295 e. The summed E-state index contributed by atoms with van der Waals surface area (Å²) in [4.78, 5) is 15.9. The molecule has 0 saturated heterocycles. The number of carbonyl (C=O) groups is 1. The third kappa shape index (κ3) is 2.69. The first-order chi connectivity index (χ1) is 8.16. The molecule has 2 N–H and O–H groups in total. The Balaban J connectivity index is 2.10. The summed E-state index contributed by atoms with van der Waals surface area (Å²) in [5.74, 6) is 0.792. The molecule has 0 spiro atoms. The van der Waals surface area contributed by atoms with E-state index in [-0.39, 0.29) is 17.6 Å². The molecule has 5 heteroatoms. The van der Waals surface area contributed by atoms with E-state index in [0.717, 1.165) is 5.69 Å². The van der Waals surface area contributed by atoms with Gasteiger partial charge in [0.1, 0.15) is 5.82 Å². The van der Waals surface area contributed by atoms with E-state index in [9.17, 15) is 4.79 Å². The number of para-hydroxylation sites is 1. The largest absolute Gasteiger partial charge is 0.319 e. The number of anilines is 1. The van der Waals surface area contributed by atoms with Crippen LogP contribution in [0.5, 0.6) is 0 Å². The standard InChI is InChI=1S/C12H14N4O/c1-8(2)10-14-11(16-15-10)12(17)13-9-6-4-3-5-7-9/h3-8H,1-2H3,(H,13,17)(H,14,15,16). The van der Waals surface area contributed by atoms with Crippen molar-refractivity contribution in [2.24, 2.45) is 0 Å². The minimum Gasteiger partial charge on any atom is -0.319 e. The molecule has 0 atom stereocenters. The number of hydrogen-bond acceptors (Lipinski definition) is 3. The van der Waals surface area contributed by atoms with Gasteiger partial charge in [-0.1, -0.05) is 32.0 Å². The van der Waals surface area contributed by atoms with Crippen molar-refractivity contribution in [3.8, 4) is 0 Å². The van der Waals surface area contributed by atoms with E-state index in [0.29, 0.717) is 5.82 Å². The van der Waals surface area contributed by atoms with Crippen LogP contribution in [0, 0.1) is 0 Å². The average molecular weight is 230 g/mol. The van der Waals surface area contributed by atoms with Gasteiger partial charge in [-0.05, 0) is 12.1 Å². The molecule has 1 amide bonds. The normalized spacial score (nSPS) is 10.5. The topological polar surface area (TPSA) is 70.7 Å². The zero-order valence-corrected chi connectivity index (χ0v) is 9.77. The van der Waals surface area contributed by atoms with Crippen LogP contribution in [0.4, 0.5) is 5.69 Å².